The van der Waals surface area contributed by atoms with Crippen molar-refractivity contribution >= 4 is 40.2 Å². The Hall–Kier alpha value is -2.87. The first kappa shape index (κ1) is 21.4. The van der Waals surface area contributed by atoms with Crippen molar-refractivity contribution in [3.63, 3.8) is 0 Å². The van der Waals surface area contributed by atoms with Crippen molar-refractivity contribution in [2.45, 2.75) is 26.7 Å². The number of nitrogens with one attached hydrogen (secondary N) is 2. The number of anilines is 3. The van der Waals surface area contributed by atoms with Gasteiger partial charge in [-0.05, 0) is 31.4 Å². The van der Waals surface area contributed by atoms with Crippen LogP contribution in [0.5, 0.6) is 0 Å². The predicted molar refractivity (Wildman–Crippen MR) is 95.3 cm³/mol. The quantitative estimate of drug-likeness (QED) is 0.414. The van der Waals surface area contributed by atoms with Crippen molar-refractivity contribution in [2.24, 2.45) is 0 Å². The first-order valence-corrected chi connectivity index (χ1v) is 9.87. The molecule has 28 heavy (non-hydrogen) atoms. The van der Waals surface area contributed by atoms with E-state index < -0.39 is 28.5 Å². The second-order valence-corrected chi connectivity index (χ2v) is 6.51. The summed E-state index contributed by atoms with van der Waals surface area (Å²) in [6.07, 6.45) is -0.0159. The maximum absolute atomic E-state index is 11.8. The Bertz CT molecular complexity index is 784. The molecule has 13 nitrogen and oxygen atoms in total. The average molecular weight is 420 g/mol. The summed E-state index contributed by atoms with van der Waals surface area (Å²) in [7, 11) is -5.03. The lowest BCUT2D eigenvalue weighted by atomic mass is 10.4. The third-order valence-corrected chi connectivity index (χ3v) is 3.83. The largest absolute Gasteiger partial charge is 0.474 e. The molecule has 2 rings (SSSR count). The second-order valence-electron chi connectivity index (χ2n) is 5.50. The predicted octanol–water partition coefficient (Wildman–Crippen LogP) is 0.338. The molecule has 0 unspecified atom stereocenters. The molecular formula is C14H22N5O8S+. The molecule has 2 amide bonds. The summed E-state index contributed by atoms with van der Waals surface area (Å²) in [5, 5.41) is 4.50. The van der Waals surface area contributed by atoms with Crippen LogP contribution in [-0.4, -0.2) is 56.4 Å². The molecule has 2 heterocycles. The standard InChI is InChI=1S/C14H21N5O8S/c1-3-25-13(20)16-11-9-10(18-7-5-6-8-18)15-12(17-14(21)26-4-2)19(11)27-28(22,23)24/h9H,3-8H2,1-2H3,(H2,15,16,17,20,21,22,23,24)/p+1. The summed E-state index contributed by atoms with van der Waals surface area (Å²) in [5.41, 5.74) is 0. The van der Waals surface area contributed by atoms with Crippen molar-refractivity contribution in [2.75, 3.05) is 41.8 Å². The molecular weight excluding hydrogens is 398 g/mol. The Kier molecular flexibility index (Phi) is 7.17. The third kappa shape index (κ3) is 6.09. The van der Waals surface area contributed by atoms with Crippen molar-refractivity contribution in [1.29, 1.82) is 0 Å². The number of carbonyl (C=O) groups is 2. The number of nitrogens with zero attached hydrogens (tertiary/aromatic N) is 3. The minimum atomic E-state index is -5.03. The summed E-state index contributed by atoms with van der Waals surface area (Å²) in [4.78, 5) is 29.7. The van der Waals surface area contributed by atoms with Crippen LogP contribution in [0.4, 0.5) is 27.2 Å². The molecule has 14 heteroatoms. The van der Waals surface area contributed by atoms with Gasteiger partial charge in [-0.15, -0.1) is 0 Å². The van der Waals surface area contributed by atoms with E-state index in [9.17, 15) is 18.0 Å². The topological polar surface area (TPSA) is 160 Å². The monoisotopic (exact) mass is 420 g/mol. The van der Waals surface area contributed by atoms with Crippen LogP contribution in [-0.2, 0) is 19.9 Å². The van der Waals surface area contributed by atoms with E-state index in [2.05, 4.69) is 19.9 Å². The Morgan fingerprint density at radius 1 is 1.18 bits per heavy atom. The van der Waals surface area contributed by atoms with Gasteiger partial charge < -0.3 is 14.4 Å². The molecule has 0 atom stereocenters. The van der Waals surface area contributed by atoms with E-state index in [0.717, 1.165) is 12.8 Å². The molecule has 1 aromatic heterocycles. The van der Waals surface area contributed by atoms with Crippen LogP contribution in [0.1, 0.15) is 26.7 Å². The molecule has 1 saturated heterocycles. The summed E-state index contributed by atoms with van der Waals surface area (Å²) < 4.78 is 46.0. The zero-order valence-corrected chi connectivity index (χ0v) is 16.2. The number of ether oxygens (including phenoxy) is 2. The highest BCUT2D eigenvalue weighted by Gasteiger charge is 2.30. The Morgan fingerprint density at radius 2 is 1.75 bits per heavy atom. The number of hydrogen-bond acceptors (Lipinski definition) is 9. The third-order valence-electron chi connectivity index (χ3n) is 3.49. The van der Waals surface area contributed by atoms with Gasteiger partial charge in [0.2, 0.25) is 0 Å². The highest BCUT2D eigenvalue weighted by atomic mass is 32.3. The van der Waals surface area contributed by atoms with Crippen molar-refractivity contribution in [3.8, 4) is 0 Å². The minimum Gasteiger partial charge on any atom is -0.441 e. The number of amides is 2. The van der Waals surface area contributed by atoms with E-state index in [0.29, 0.717) is 23.6 Å². The maximum Gasteiger partial charge on any atom is 0.474 e. The number of carbonyl (C=O) groups excluding carboxylic acids is 2. The van der Waals surface area contributed by atoms with E-state index >= 15 is 0 Å². The van der Waals surface area contributed by atoms with Gasteiger partial charge in [0, 0.05) is 13.1 Å². The van der Waals surface area contributed by atoms with Crippen molar-refractivity contribution < 1.29 is 41.0 Å². The molecule has 1 fully saturated rings. The lowest BCUT2D eigenvalue weighted by Crippen LogP contribution is -2.51. The van der Waals surface area contributed by atoms with Gasteiger partial charge in [-0.25, -0.2) is 19.2 Å². The van der Waals surface area contributed by atoms with Gasteiger partial charge in [-0.2, -0.15) is 13.7 Å². The maximum atomic E-state index is 11.8. The molecule has 3 N–H and O–H groups in total. The molecule has 1 aromatic rings. The second kappa shape index (κ2) is 9.36. The highest BCUT2D eigenvalue weighted by molar-refractivity contribution is 7.80. The molecule has 156 valence electrons. The molecule has 1 aliphatic rings. The van der Waals surface area contributed by atoms with Crippen LogP contribution < -0.4 is 24.5 Å². The molecule has 0 aromatic carbocycles. The molecule has 0 radical (unpaired) electrons. The van der Waals surface area contributed by atoms with Gasteiger partial charge in [0.1, 0.15) is 0 Å². The number of aromatic nitrogens is 2. The van der Waals surface area contributed by atoms with Gasteiger partial charge in [-0.3, -0.25) is 4.55 Å². The van der Waals surface area contributed by atoms with Gasteiger partial charge in [-0.1, -0.05) is 4.98 Å². The van der Waals surface area contributed by atoms with Crippen LogP contribution in [0.25, 0.3) is 0 Å². The normalized spacial score (nSPS) is 13.8. The molecule has 0 saturated carbocycles. The van der Waals surface area contributed by atoms with E-state index in [1.165, 1.54) is 6.07 Å². The van der Waals surface area contributed by atoms with Crippen LogP contribution in [0.2, 0.25) is 0 Å². The minimum absolute atomic E-state index is 0.0464. The summed E-state index contributed by atoms with van der Waals surface area (Å²) >= 11 is 0. The Labute approximate surface area is 161 Å². The van der Waals surface area contributed by atoms with Crippen molar-refractivity contribution in [3.05, 3.63) is 6.07 Å². The fourth-order valence-corrected chi connectivity index (χ4v) is 2.79. The van der Waals surface area contributed by atoms with Crippen LogP contribution in [0.15, 0.2) is 6.07 Å². The van der Waals surface area contributed by atoms with E-state index in [1.807, 2.05) is 4.90 Å². The zero-order valence-electron chi connectivity index (χ0n) is 15.4. The van der Waals surface area contributed by atoms with Crippen molar-refractivity contribution in [1.82, 2.24) is 4.98 Å². The molecule has 1 aliphatic heterocycles. The fraction of sp³-hybridized carbons (Fsp3) is 0.571. The molecule has 0 aliphatic carbocycles. The van der Waals surface area contributed by atoms with Crippen LogP contribution in [0, 0.1) is 0 Å². The smallest absolute Gasteiger partial charge is 0.441 e. The number of rotatable bonds is 7. The van der Waals surface area contributed by atoms with Gasteiger partial charge in [0.25, 0.3) is 5.82 Å². The molecule has 0 spiro atoms. The fourth-order valence-electron chi connectivity index (χ4n) is 2.45. The first-order chi connectivity index (χ1) is 13.2. The van der Waals surface area contributed by atoms with Gasteiger partial charge in [0.05, 0.1) is 19.3 Å². The Morgan fingerprint density at radius 3 is 2.29 bits per heavy atom. The summed E-state index contributed by atoms with van der Waals surface area (Å²) in [6.45, 7) is 4.61. The van der Waals surface area contributed by atoms with E-state index in [-0.39, 0.29) is 19.0 Å². The average Bonchev–Trinajstić information content (AvgIpc) is 3.11. The van der Waals surface area contributed by atoms with E-state index in [4.69, 9.17) is 14.0 Å². The number of hydrogen-bond donors (Lipinski definition) is 3. The summed E-state index contributed by atoms with van der Waals surface area (Å²) in [5.74, 6) is -0.349. The summed E-state index contributed by atoms with van der Waals surface area (Å²) in [6, 6.07) is 1.32. The highest BCUT2D eigenvalue weighted by Crippen LogP contribution is 2.21. The Balaban J connectivity index is 2.53. The van der Waals surface area contributed by atoms with Gasteiger partial charge >= 0.3 is 28.5 Å². The SMILES string of the molecule is CCOC(=O)Nc1cc(N2CCCC2)nc(NC(=O)OCC)[n+]1OS(=O)(=O)O. The first-order valence-electron chi connectivity index (χ1n) is 8.50. The molecule has 0 bridgehead atoms. The van der Waals surface area contributed by atoms with Crippen LogP contribution in [0.3, 0.4) is 0 Å². The zero-order chi connectivity index (χ0) is 20.7. The van der Waals surface area contributed by atoms with E-state index in [1.54, 1.807) is 13.8 Å². The lowest BCUT2D eigenvalue weighted by Gasteiger charge is -2.17. The lowest BCUT2D eigenvalue weighted by molar-refractivity contribution is -0.835. The van der Waals surface area contributed by atoms with Crippen LogP contribution >= 0.6 is 0 Å². The van der Waals surface area contributed by atoms with Gasteiger partial charge in [0.15, 0.2) is 5.82 Å².